The SMILES string of the molecule is NCc1c(Br)cccc1-n1cnc2ccccc21. The number of para-hydroxylation sites is 2. The first-order valence-electron chi connectivity index (χ1n) is 5.71. The Kier molecular flexibility index (Phi) is 2.89. The van der Waals surface area contributed by atoms with Gasteiger partial charge < -0.3 is 5.73 Å². The standard InChI is InChI=1S/C14H12BrN3/c15-11-4-3-7-13(10(11)8-16)18-9-17-12-5-1-2-6-14(12)18/h1-7,9H,8,16H2. The molecule has 3 aromatic rings. The van der Waals surface area contributed by atoms with E-state index in [2.05, 4.69) is 37.6 Å². The Hall–Kier alpha value is -1.65. The lowest BCUT2D eigenvalue weighted by Gasteiger charge is -2.11. The highest BCUT2D eigenvalue weighted by molar-refractivity contribution is 9.10. The maximum Gasteiger partial charge on any atom is 0.100 e. The van der Waals surface area contributed by atoms with Gasteiger partial charge in [-0.3, -0.25) is 4.57 Å². The number of rotatable bonds is 2. The minimum Gasteiger partial charge on any atom is -0.326 e. The van der Waals surface area contributed by atoms with Gasteiger partial charge in [0, 0.05) is 16.6 Å². The van der Waals surface area contributed by atoms with Crippen molar-refractivity contribution in [3.8, 4) is 5.69 Å². The first kappa shape index (κ1) is 11.4. The van der Waals surface area contributed by atoms with Gasteiger partial charge >= 0.3 is 0 Å². The van der Waals surface area contributed by atoms with Crippen LogP contribution in [-0.2, 0) is 6.54 Å². The first-order valence-corrected chi connectivity index (χ1v) is 6.50. The van der Waals surface area contributed by atoms with E-state index in [1.807, 2.05) is 36.7 Å². The fourth-order valence-corrected chi connectivity index (χ4v) is 2.64. The zero-order valence-corrected chi connectivity index (χ0v) is 11.3. The summed E-state index contributed by atoms with van der Waals surface area (Å²) in [6, 6.07) is 14.1. The number of fused-ring (bicyclic) bond motifs is 1. The average Bonchev–Trinajstić information content (AvgIpc) is 2.82. The van der Waals surface area contributed by atoms with Crippen molar-refractivity contribution >= 4 is 27.0 Å². The summed E-state index contributed by atoms with van der Waals surface area (Å²) >= 11 is 3.54. The van der Waals surface area contributed by atoms with Crippen molar-refractivity contribution < 1.29 is 0 Å². The van der Waals surface area contributed by atoms with E-state index in [1.165, 1.54) is 0 Å². The predicted molar refractivity (Wildman–Crippen MR) is 76.7 cm³/mol. The number of aromatic nitrogens is 2. The zero-order chi connectivity index (χ0) is 12.5. The van der Waals surface area contributed by atoms with Crippen LogP contribution in [0, 0.1) is 0 Å². The van der Waals surface area contributed by atoms with Crippen LogP contribution in [0.5, 0.6) is 0 Å². The van der Waals surface area contributed by atoms with Crippen LogP contribution in [0.2, 0.25) is 0 Å². The van der Waals surface area contributed by atoms with E-state index in [9.17, 15) is 0 Å². The highest BCUT2D eigenvalue weighted by Gasteiger charge is 2.09. The van der Waals surface area contributed by atoms with Crippen molar-refractivity contribution in [1.82, 2.24) is 9.55 Å². The molecule has 3 rings (SSSR count). The summed E-state index contributed by atoms with van der Waals surface area (Å²) in [6.07, 6.45) is 1.84. The highest BCUT2D eigenvalue weighted by Crippen LogP contribution is 2.26. The van der Waals surface area contributed by atoms with Crippen molar-refractivity contribution in [1.29, 1.82) is 0 Å². The second kappa shape index (κ2) is 4.55. The summed E-state index contributed by atoms with van der Waals surface area (Å²) < 4.78 is 3.10. The average molecular weight is 302 g/mol. The quantitative estimate of drug-likeness (QED) is 0.789. The van der Waals surface area contributed by atoms with Gasteiger partial charge in [-0.15, -0.1) is 0 Å². The van der Waals surface area contributed by atoms with Gasteiger partial charge in [0.1, 0.15) is 6.33 Å². The van der Waals surface area contributed by atoms with Crippen LogP contribution in [0.1, 0.15) is 5.56 Å². The summed E-state index contributed by atoms with van der Waals surface area (Å²) in [5.74, 6) is 0. The molecule has 4 heteroatoms. The molecule has 0 spiro atoms. The number of hydrogen-bond acceptors (Lipinski definition) is 2. The molecule has 0 aliphatic carbocycles. The van der Waals surface area contributed by atoms with Gasteiger partial charge in [0.05, 0.1) is 16.7 Å². The van der Waals surface area contributed by atoms with Crippen LogP contribution in [0.4, 0.5) is 0 Å². The van der Waals surface area contributed by atoms with Gasteiger partial charge in [-0.25, -0.2) is 4.98 Å². The second-order valence-electron chi connectivity index (χ2n) is 4.04. The minimum atomic E-state index is 0.489. The van der Waals surface area contributed by atoms with Crippen LogP contribution < -0.4 is 5.73 Å². The van der Waals surface area contributed by atoms with Crippen LogP contribution in [0.15, 0.2) is 53.3 Å². The molecule has 0 fully saturated rings. The van der Waals surface area contributed by atoms with Crippen LogP contribution in [0.3, 0.4) is 0 Å². The van der Waals surface area contributed by atoms with E-state index < -0.39 is 0 Å². The summed E-state index contributed by atoms with van der Waals surface area (Å²) in [5, 5.41) is 0. The molecule has 2 N–H and O–H groups in total. The second-order valence-corrected chi connectivity index (χ2v) is 4.90. The smallest absolute Gasteiger partial charge is 0.100 e. The van der Waals surface area contributed by atoms with E-state index in [0.717, 1.165) is 26.8 Å². The Morgan fingerprint density at radius 3 is 2.78 bits per heavy atom. The molecular formula is C14H12BrN3. The summed E-state index contributed by atoms with van der Waals surface area (Å²) in [7, 11) is 0. The zero-order valence-electron chi connectivity index (χ0n) is 9.68. The van der Waals surface area contributed by atoms with E-state index >= 15 is 0 Å². The molecule has 0 amide bonds. The summed E-state index contributed by atoms with van der Waals surface area (Å²) in [6.45, 7) is 0.489. The molecule has 0 aliphatic rings. The Bertz CT molecular complexity index is 703. The van der Waals surface area contributed by atoms with E-state index in [0.29, 0.717) is 6.54 Å². The van der Waals surface area contributed by atoms with Crippen molar-refractivity contribution in [2.75, 3.05) is 0 Å². The number of nitrogens with two attached hydrogens (primary N) is 1. The minimum absolute atomic E-state index is 0.489. The third-order valence-electron chi connectivity index (χ3n) is 3.01. The van der Waals surface area contributed by atoms with Gasteiger partial charge in [0.15, 0.2) is 0 Å². The molecule has 2 aromatic carbocycles. The number of benzene rings is 2. The molecule has 0 atom stereocenters. The molecule has 1 heterocycles. The Balaban J connectivity index is 2.30. The van der Waals surface area contributed by atoms with Crippen LogP contribution >= 0.6 is 15.9 Å². The van der Waals surface area contributed by atoms with E-state index in [4.69, 9.17) is 5.73 Å². The molecule has 90 valence electrons. The normalized spacial score (nSPS) is 11.0. The maximum atomic E-state index is 5.84. The predicted octanol–water partition coefficient (Wildman–Crippen LogP) is 3.25. The van der Waals surface area contributed by atoms with Crippen molar-refractivity contribution in [2.24, 2.45) is 5.73 Å². The number of halogens is 1. The van der Waals surface area contributed by atoms with Gasteiger partial charge in [0.2, 0.25) is 0 Å². The third kappa shape index (κ3) is 1.74. The molecule has 0 unspecified atom stereocenters. The fraction of sp³-hybridized carbons (Fsp3) is 0.0714. The third-order valence-corrected chi connectivity index (χ3v) is 3.75. The molecule has 18 heavy (non-hydrogen) atoms. The fourth-order valence-electron chi connectivity index (χ4n) is 2.13. The van der Waals surface area contributed by atoms with Crippen molar-refractivity contribution in [3.63, 3.8) is 0 Å². The first-order chi connectivity index (χ1) is 8.81. The van der Waals surface area contributed by atoms with E-state index in [1.54, 1.807) is 0 Å². The van der Waals surface area contributed by atoms with Gasteiger partial charge in [-0.2, -0.15) is 0 Å². The molecule has 0 bridgehead atoms. The summed E-state index contributed by atoms with van der Waals surface area (Å²) in [4.78, 5) is 4.41. The lowest BCUT2D eigenvalue weighted by Crippen LogP contribution is -2.04. The van der Waals surface area contributed by atoms with Gasteiger partial charge in [-0.05, 0) is 24.3 Å². The molecule has 0 saturated carbocycles. The van der Waals surface area contributed by atoms with E-state index in [-0.39, 0.29) is 0 Å². The van der Waals surface area contributed by atoms with Crippen LogP contribution in [-0.4, -0.2) is 9.55 Å². The molecule has 0 aliphatic heterocycles. The Labute approximate surface area is 113 Å². The molecule has 1 aromatic heterocycles. The lowest BCUT2D eigenvalue weighted by atomic mass is 10.1. The molecular weight excluding hydrogens is 290 g/mol. The molecule has 0 radical (unpaired) electrons. The van der Waals surface area contributed by atoms with Crippen molar-refractivity contribution in [2.45, 2.75) is 6.54 Å². The van der Waals surface area contributed by atoms with Gasteiger partial charge in [-0.1, -0.05) is 34.1 Å². The summed E-state index contributed by atoms with van der Waals surface area (Å²) in [5.41, 5.74) is 10.1. The largest absolute Gasteiger partial charge is 0.326 e. The number of hydrogen-bond donors (Lipinski definition) is 1. The Morgan fingerprint density at radius 2 is 1.94 bits per heavy atom. The monoisotopic (exact) mass is 301 g/mol. The maximum absolute atomic E-state index is 5.84. The molecule has 3 nitrogen and oxygen atoms in total. The molecule has 0 saturated heterocycles. The topological polar surface area (TPSA) is 43.8 Å². The lowest BCUT2D eigenvalue weighted by molar-refractivity contribution is 0.993. The van der Waals surface area contributed by atoms with Crippen LogP contribution in [0.25, 0.3) is 16.7 Å². The number of nitrogens with zero attached hydrogens (tertiary/aromatic N) is 2. The highest BCUT2D eigenvalue weighted by atomic mass is 79.9. The van der Waals surface area contributed by atoms with Crippen molar-refractivity contribution in [3.05, 3.63) is 58.8 Å². The van der Waals surface area contributed by atoms with Gasteiger partial charge in [0.25, 0.3) is 0 Å². The number of imidazole rings is 1. The Morgan fingerprint density at radius 1 is 1.11 bits per heavy atom.